The van der Waals surface area contributed by atoms with Crippen LogP contribution in [0.4, 0.5) is 5.69 Å². The molecule has 0 radical (unpaired) electrons. The van der Waals surface area contributed by atoms with E-state index in [1.807, 2.05) is 42.5 Å². The van der Waals surface area contributed by atoms with Gasteiger partial charge in [-0.1, -0.05) is 103 Å². The molecule has 0 bridgehead atoms. The summed E-state index contributed by atoms with van der Waals surface area (Å²) in [5, 5.41) is 7.67. The van der Waals surface area contributed by atoms with Crippen molar-refractivity contribution in [3.8, 4) is 0 Å². The standard InChI is InChI=1S/C33H25NO2/c35-23-19-29(26-15-7-11-21-9-1-3-13-24(21)26)33(28-17-5-6-18-31(28)34-32(33)36)30(20-23)27-16-8-12-22-10-2-4-14-25(22)27/h1-18,29-30H,19-20H2,(H,34,36)/t29-,30-/m0/s1. The number of hydrogen-bond donors (Lipinski definition) is 1. The highest BCUT2D eigenvalue weighted by atomic mass is 16.2. The van der Waals surface area contributed by atoms with Crippen molar-refractivity contribution in [2.45, 2.75) is 30.1 Å². The van der Waals surface area contributed by atoms with E-state index >= 15 is 0 Å². The lowest BCUT2D eigenvalue weighted by Crippen LogP contribution is -2.50. The summed E-state index contributed by atoms with van der Waals surface area (Å²) in [6, 6.07) is 37.1. The van der Waals surface area contributed by atoms with Crippen LogP contribution in [0.1, 0.15) is 41.4 Å². The summed E-state index contributed by atoms with van der Waals surface area (Å²) >= 11 is 0. The van der Waals surface area contributed by atoms with E-state index in [2.05, 4.69) is 72.0 Å². The molecule has 1 amide bonds. The molecule has 1 aliphatic carbocycles. The third kappa shape index (κ3) is 2.86. The maximum Gasteiger partial charge on any atom is 0.236 e. The van der Waals surface area contributed by atoms with Gasteiger partial charge in [0, 0.05) is 30.4 Å². The molecule has 3 nitrogen and oxygen atoms in total. The van der Waals surface area contributed by atoms with Gasteiger partial charge in [-0.05, 0) is 44.3 Å². The van der Waals surface area contributed by atoms with E-state index in [0.717, 1.165) is 43.9 Å². The molecule has 1 aliphatic heterocycles. The summed E-state index contributed by atoms with van der Waals surface area (Å²) in [5.74, 6) is -0.365. The van der Waals surface area contributed by atoms with Crippen LogP contribution < -0.4 is 5.32 Å². The normalized spacial score (nSPS) is 20.6. The molecule has 1 saturated carbocycles. The first-order chi connectivity index (χ1) is 17.7. The van der Waals surface area contributed by atoms with E-state index in [1.54, 1.807) is 0 Å². The zero-order valence-corrected chi connectivity index (χ0v) is 19.8. The number of nitrogens with one attached hydrogen (secondary N) is 1. The lowest BCUT2D eigenvalue weighted by Gasteiger charge is -2.46. The molecule has 5 aromatic rings. The van der Waals surface area contributed by atoms with Crippen molar-refractivity contribution in [1.29, 1.82) is 0 Å². The Morgan fingerprint density at radius 1 is 0.583 bits per heavy atom. The van der Waals surface area contributed by atoms with Gasteiger partial charge in [0.05, 0.1) is 5.41 Å². The molecule has 1 spiro atoms. The van der Waals surface area contributed by atoms with Crippen molar-refractivity contribution in [2.24, 2.45) is 0 Å². The summed E-state index contributed by atoms with van der Waals surface area (Å²) < 4.78 is 0. The van der Waals surface area contributed by atoms with Crippen molar-refractivity contribution < 1.29 is 9.59 Å². The van der Waals surface area contributed by atoms with E-state index in [1.165, 1.54) is 0 Å². The molecule has 2 atom stereocenters. The first-order valence-electron chi connectivity index (χ1n) is 12.6. The predicted molar refractivity (Wildman–Crippen MR) is 144 cm³/mol. The summed E-state index contributed by atoms with van der Waals surface area (Å²) in [6.07, 6.45) is 0.689. The van der Waals surface area contributed by atoms with Crippen LogP contribution in [0, 0.1) is 0 Å². The second-order valence-electron chi connectivity index (χ2n) is 10.1. The smallest absolute Gasteiger partial charge is 0.236 e. The molecule has 1 N–H and O–H groups in total. The zero-order valence-electron chi connectivity index (χ0n) is 19.8. The van der Waals surface area contributed by atoms with Crippen LogP contribution in [0.5, 0.6) is 0 Å². The second kappa shape index (κ2) is 7.89. The van der Waals surface area contributed by atoms with Crippen molar-refractivity contribution in [1.82, 2.24) is 0 Å². The lowest BCUT2D eigenvalue weighted by molar-refractivity contribution is -0.128. The van der Waals surface area contributed by atoms with Crippen molar-refractivity contribution in [2.75, 3.05) is 5.32 Å². The lowest BCUT2D eigenvalue weighted by atomic mass is 9.53. The first-order valence-corrected chi connectivity index (χ1v) is 12.6. The Bertz CT molecular complexity index is 1580. The molecule has 0 aromatic heterocycles. The third-order valence-electron chi connectivity index (χ3n) is 8.36. The predicted octanol–water partition coefficient (Wildman–Crippen LogP) is 7.11. The summed E-state index contributed by atoms with van der Waals surface area (Å²) in [5.41, 5.74) is 3.10. The van der Waals surface area contributed by atoms with Gasteiger partial charge in [-0.2, -0.15) is 0 Å². The highest BCUT2D eigenvalue weighted by Crippen LogP contribution is 2.61. The Morgan fingerprint density at radius 3 is 1.69 bits per heavy atom. The third-order valence-corrected chi connectivity index (χ3v) is 8.36. The Kier molecular flexibility index (Phi) is 4.62. The van der Waals surface area contributed by atoms with Gasteiger partial charge in [0.1, 0.15) is 5.78 Å². The number of benzene rings is 5. The molecule has 1 fully saturated rings. The molecule has 0 unspecified atom stereocenters. The largest absolute Gasteiger partial charge is 0.325 e. The minimum absolute atomic E-state index is 0.00734. The number of ketones is 1. The average Bonchev–Trinajstić information content (AvgIpc) is 3.21. The molecule has 7 rings (SSSR count). The van der Waals surface area contributed by atoms with Gasteiger partial charge in [-0.25, -0.2) is 0 Å². The SMILES string of the molecule is O=C1C[C@@H](c2cccc3ccccc23)C2(C(=O)Nc3ccccc32)[C@H](c2cccc3ccccc23)C1. The number of carbonyl (C=O) groups is 2. The number of fused-ring (bicyclic) bond motifs is 4. The van der Waals surface area contributed by atoms with Crippen LogP contribution in [0.15, 0.2) is 109 Å². The van der Waals surface area contributed by atoms with E-state index in [9.17, 15) is 9.59 Å². The number of anilines is 1. The van der Waals surface area contributed by atoms with E-state index < -0.39 is 5.41 Å². The fourth-order valence-corrected chi connectivity index (χ4v) is 6.92. The van der Waals surface area contributed by atoms with Crippen molar-refractivity contribution in [3.63, 3.8) is 0 Å². The molecule has 174 valence electrons. The molecule has 0 saturated heterocycles. The molecular formula is C33H25NO2. The van der Waals surface area contributed by atoms with Gasteiger partial charge in [-0.3, -0.25) is 9.59 Å². The highest BCUT2D eigenvalue weighted by Gasteiger charge is 2.61. The zero-order chi connectivity index (χ0) is 24.3. The van der Waals surface area contributed by atoms with E-state index in [0.29, 0.717) is 12.8 Å². The quantitative estimate of drug-likeness (QED) is 0.301. The number of rotatable bonds is 2. The van der Waals surface area contributed by atoms with Gasteiger partial charge >= 0.3 is 0 Å². The maximum atomic E-state index is 14.3. The maximum absolute atomic E-state index is 14.3. The Morgan fingerprint density at radius 2 is 1.08 bits per heavy atom. The Balaban J connectivity index is 1.57. The number of amides is 1. The Hall–Kier alpha value is -4.24. The highest BCUT2D eigenvalue weighted by molar-refractivity contribution is 6.10. The number of carbonyl (C=O) groups excluding carboxylic acids is 2. The molecule has 1 heterocycles. The van der Waals surface area contributed by atoms with E-state index in [4.69, 9.17) is 0 Å². The monoisotopic (exact) mass is 467 g/mol. The number of hydrogen-bond acceptors (Lipinski definition) is 2. The molecule has 36 heavy (non-hydrogen) atoms. The van der Waals surface area contributed by atoms with Crippen LogP contribution >= 0.6 is 0 Å². The van der Waals surface area contributed by atoms with Gasteiger partial charge < -0.3 is 5.32 Å². The van der Waals surface area contributed by atoms with Crippen LogP contribution in [0.2, 0.25) is 0 Å². The van der Waals surface area contributed by atoms with Gasteiger partial charge in [0.25, 0.3) is 0 Å². The van der Waals surface area contributed by atoms with Crippen LogP contribution in [-0.4, -0.2) is 11.7 Å². The molecular weight excluding hydrogens is 442 g/mol. The average molecular weight is 468 g/mol. The fourth-order valence-electron chi connectivity index (χ4n) is 6.92. The fraction of sp³-hybridized carbons (Fsp3) is 0.152. The number of para-hydroxylation sites is 1. The summed E-state index contributed by atoms with van der Waals surface area (Å²) in [4.78, 5) is 27.9. The summed E-state index contributed by atoms with van der Waals surface area (Å²) in [7, 11) is 0. The van der Waals surface area contributed by atoms with Crippen molar-refractivity contribution in [3.05, 3.63) is 126 Å². The minimum Gasteiger partial charge on any atom is -0.325 e. The number of Topliss-reactive ketones (excluding diaryl/α,β-unsaturated/α-hetero) is 1. The van der Waals surface area contributed by atoms with Crippen molar-refractivity contribution >= 4 is 38.9 Å². The van der Waals surface area contributed by atoms with Crippen LogP contribution in [0.25, 0.3) is 21.5 Å². The molecule has 5 aromatic carbocycles. The second-order valence-corrected chi connectivity index (χ2v) is 10.1. The van der Waals surface area contributed by atoms with Crippen LogP contribution in [0.3, 0.4) is 0 Å². The Labute approximate surface area is 209 Å². The molecule has 3 heteroatoms. The van der Waals surface area contributed by atoms with Gasteiger partial charge in [0.15, 0.2) is 0 Å². The van der Waals surface area contributed by atoms with Gasteiger partial charge in [-0.15, -0.1) is 0 Å². The minimum atomic E-state index is -0.890. The van der Waals surface area contributed by atoms with E-state index in [-0.39, 0.29) is 23.5 Å². The van der Waals surface area contributed by atoms with Crippen LogP contribution in [-0.2, 0) is 15.0 Å². The molecule has 2 aliphatic rings. The summed E-state index contributed by atoms with van der Waals surface area (Å²) in [6.45, 7) is 0. The first kappa shape index (κ1) is 21.1. The topological polar surface area (TPSA) is 46.2 Å². The van der Waals surface area contributed by atoms with Gasteiger partial charge in [0.2, 0.25) is 5.91 Å².